The molecule has 5 nitrogen and oxygen atoms in total. The van der Waals surface area contributed by atoms with Crippen LogP contribution in [0, 0.1) is 5.82 Å². The summed E-state index contributed by atoms with van der Waals surface area (Å²) < 4.78 is 51.5. The Labute approximate surface area is 163 Å². The molecule has 0 aromatic heterocycles. The van der Waals surface area contributed by atoms with E-state index < -0.39 is 15.8 Å². The first kappa shape index (κ1) is 19.9. The Hall–Kier alpha value is -2.90. The molecule has 0 saturated carbocycles. The van der Waals surface area contributed by atoms with E-state index in [1.807, 2.05) is 30.3 Å². The maximum absolute atomic E-state index is 13.3. The Bertz CT molecular complexity index is 1040. The van der Waals surface area contributed by atoms with E-state index in [1.165, 1.54) is 25.3 Å². The van der Waals surface area contributed by atoms with Gasteiger partial charge >= 0.3 is 0 Å². The zero-order valence-corrected chi connectivity index (χ0v) is 16.1. The van der Waals surface area contributed by atoms with Crippen LogP contribution in [0.3, 0.4) is 0 Å². The average molecular weight is 401 g/mol. The van der Waals surface area contributed by atoms with Gasteiger partial charge in [-0.15, -0.1) is 0 Å². The lowest BCUT2D eigenvalue weighted by molar-refractivity contribution is 0.284. The minimum absolute atomic E-state index is 0.0359. The van der Waals surface area contributed by atoms with Crippen LogP contribution in [0.5, 0.6) is 11.5 Å². The largest absolute Gasteiger partial charge is 0.493 e. The van der Waals surface area contributed by atoms with Crippen molar-refractivity contribution in [2.45, 2.75) is 18.0 Å². The minimum Gasteiger partial charge on any atom is -0.493 e. The van der Waals surface area contributed by atoms with Gasteiger partial charge in [0.1, 0.15) is 12.4 Å². The smallest absolute Gasteiger partial charge is 0.240 e. The van der Waals surface area contributed by atoms with Crippen molar-refractivity contribution in [3.63, 3.8) is 0 Å². The molecule has 0 unspecified atom stereocenters. The van der Waals surface area contributed by atoms with Crippen molar-refractivity contribution < 1.29 is 22.3 Å². The van der Waals surface area contributed by atoms with E-state index in [1.54, 1.807) is 18.2 Å². The number of halogens is 1. The molecule has 0 saturated heterocycles. The third-order valence-electron chi connectivity index (χ3n) is 4.04. The number of nitrogens with one attached hydrogen (secondary N) is 1. The molecule has 0 spiro atoms. The molecule has 1 N–H and O–H groups in total. The summed E-state index contributed by atoms with van der Waals surface area (Å²) in [7, 11) is -2.30. The molecular formula is C21H20FNO4S. The fourth-order valence-electron chi connectivity index (χ4n) is 2.57. The summed E-state index contributed by atoms with van der Waals surface area (Å²) in [6, 6.07) is 19.8. The number of rotatable bonds is 8. The van der Waals surface area contributed by atoms with E-state index in [0.29, 0.717) is 23.7 Å². The summed E-state index contributed by atoms with van der Waals surface area (Å²) in [6.07, 6.45) is 0. The first-order chi connectivity index (χ1) is 13.5. The summed E-state index contributed by atoms with van der Waals surface area (Å²) in [4.78, 5) is -0.123. The van der Waals surface area contributed by atoms with Crippen LogP contribution in [-0.2, 0) is 23.2 Å². The van der Waals surface area contributed by atoms with E-state index >= 15 is 0 Å². The molecule has 0 radical (unpaired) electrons. The highest BCUT2D eigenvalue weighted by Crippen LogP contribution is 2.29. The van der Waals surface area contributed by atoms with Gasteiger partial charge in [-0.1, -0.05) is 42.5 Å². The predicted octanol–water partition coefficient (Wildman–Crippen LogP) is 3.89. The van der Waals surface area contributed by atoms with Crippen molar-refractivity contribution in [3.8, 4) is 11.5 Å². The summed E-state index contributed by atoms with van der Waals surface area (Å²) in [5, 5.41) is 0. The van der Waals surface area contributed by atoms with Gasteiger partial charge in [-0.3, -0.25) is 0 Å². The van der Waals surface area contributed by atoms with Gasteiger partial charge in [0.15, 0.2) is 11.5 Å². The fraction of sp³-hybridized carbons (Fsp3) is 0.143. The molecule has 7 heteroatoms. The van der Waals surface area contributed by atoms with Crippen LogP contribution in [0.15, 0.2) is 77.7 Å². The van der Waals surface area contributed by atoms with E-state index in [-0.39, 0.29) is 11.4 Å². The second-order valence-electron chi connectivity index (χ2n) is 6.04. The molecule has 0 atom stereocenters. The second kappa shape index (κ2) is 8.86. The molecule has 0 aliphatic carbocycles. The first-order valence-electron chi connectivity index (χ1n) is 8.57. The second-order valence-corrected chi connectivity index (χ2v) is 7.81. The van der Waals surface area contributed by atoms with Gasteiger partial charge in [0.05, 0.1) is 12.0 Å². The number of hydrogen-bond acceptors (Lipinski definition) is 4. The number of ether oxygens (including phenoxy) is 2. The van der Waals surface area contributed by atoms with E-state index in [9.17, 15) is 12.8 Å². The summed E-state index contributed by atoms with van der Waals surface area (Å²) in [6.45, 7) is 0.427. The SMILES string of the molecule is COc1cc(CNS(=O)(=O)c2cccc(F)c2)ccc1OCc1ccccc1. The van der Waals surface area contributed by atoms with Crippen LogP contribution in [0.4, 0.5) is 4.39 Å². The highest BCUT2D eigenvalue weighted by Gasteiger charge is 2.15. The lowest BCUT2D eigenvalue weighted by atomic mass is 10.2. The number of sulfonamides is 1. The zero-order chi connectivity index (χ0) is 20.0. The molecule has 3 rings (SSSR count). The van der Waals surface area contributed by atoms with Gasteiger partial charge in [-0.2, -0.15) is 0 Å². The van der Waals surface area contributed by atoms with E-state index in [4.69, 9.17) is 9.47 Å². The number of methoxy groups -OCH3 is 1. The van der Waals surface area contributed by atoms with Gasteiger partial charge in [-0.05, 0) is 41.5 Å². The topological polar surface area (TPSA) is 64.6 Å². The van der Waals surface area contributed by atoms with Crippen molar-refractivity contribution in [1.29, 1.82) is 0 Å². The third-order valence-corrected chi connectivity index (χ3v) is 5.44. The van der Waals surface area contributed by atoms with Gasteiger partial charge in [0.2, 0.25) is 10.0 Å². The first-order valence-corrected chi connectivity index (χ1v) is 10.0. The highest BCUT2D eigenvalue weighted by atomic mass is 32.2. The maximum Gasteiger partial charge on any atom is 0.240 e. The van der Waals surface area contributed by atoms with E-state index in [0.717, 1.165) is 11.6 Å². The lowest BCUT2D eigenvalue weighted by Gasteiger charge is -2.13. The van der Waals surface area contributed by atoms with Gasteiger partial charge < -0.3 is 9.47 Å². The Kier molecular flexibility index (Phi) is 6.28. The molecule has 0 fully saturated rings. The van der Waals surface area contributed by atoms with Crippen molar-refractivity contribution in [3.05, 3.63) is 89.7 Å². The molecule has 0 bridgehead atoms. The number of hydrogen-bond donors (Lipinski definition) is 1. The highest BCUT2D eigenvalue weighted by molar-refractivity contribution is 7.89. The van der Waals surface area contributed by atoms with Crippen LogP contribution in [0.2, 0.25) is 0 Å². The molecule has 3 aromatic rings. The van der Waals surface area contributed by atoms with Crippen molar-refractivity contribution >= 4 is 10.0 Å². The molecule has 0 aliphatic rings. The maximum atomic E-state index is 13.3. The van der Waals surface area contributed by atoms with Crippen molar-refractivity contribution in [2.75, 3.05) is 7.11 Å². The standard InChI is InChI=1S/C21H20FNO4S/c1-26-21-12-17(10-11-20(21)27-15-16-6-3-2-4-7-16)14-23-28(24,25)19-9-5-8-18(22)13-19/h2-13,23H,14-15H2,1H3. The van der Waals surface area contributed by atoms with Crippen LogP contribution in [0.25, 0.3) is 0 Å². The van der Waals surface area contributed by atoms with E-state index in [2.05, 4.69) is 4.72 Å². The molecule has 146 valence electrons. The van der Waals surface area contributed by atoms with Gasteiger partial charge in [-0.25, -0.2) is 17.5 Å². The Morgan fingerprint density at radius 3 is 2.39 bits per heavy atom. The molecule has 0 heterocycles. The average Bonchev–Trinajstić information content (AvgIpc) is 2.72. The van der Waals surface area contributed by atoms with Crippen molar-refractivity contribution in [1.82, 2.24) is 4.72 Å². The molecule has 0 aliphatic heterocycles. The normalized spacial score (nSPS) is 11.2. The summed E-state index contributed by atoms with van der Waals surface area (Å²) in [5.74, 6) is 0.450. The Morgan fingerprint density at radius 2 is 1.68 bits per heavy atom. The van der Waals surface area contributed by atoms with Gasteiger partial charge in [0, 0.05) is 6.54 Å². The zero-order valence-electron chi connectivity index (χ0n) is 15.3. The molecule has 28 heavy (non-hydrogen) atoms. The molecular weight excluding hydrogens is 381 g/mol. The molecule has 3 aromatic carbocycles. The van der Waals surface area contributed by atoms with Crippen molar-refractivity contribution in [2.24, 2.45) is 0 Å². The van der Waals surface area contributed by atoms with Crippen LogP contribution in [-0.4, -0.2) is 15.5 Å². The third kappa shape index (κ3) is 5.09. The Morgan fingerprint density at radius 1 is 0.893 bits per heavy atom. The summed E-state index contributed by atoms with van der Waals surface area (Å²) in [5.41, 5.74) is 1.71. The Balaban J connectivity index is 1.68. The van der Waals surface area contributed by atoms with Gasteiger partial charge in [0.25, 0.3) is 0 Å². The summed E-state index contributed by atoms with van der Waals surface area (Å²) >= 11 is 0. The lowest BCUT2D eigenvalue weighted by Crippen LogP contribution is -2.23. The van der Waals surface area contributed by atoms with Crippen LogP contribution in [0.1, 0.15) is 11.1 Å². The van der Waals surface area contributed by atoms with Crippen LogP contribution < -0.4 is 14.2 Å². The van der Waals surface area contributed by atoms with Crippen LogP contribution >= 0.6 is 0 Å². The fourth-order valence-corrected chi connectivity index (χ4v) is 3.62. The number of benzene rings is 3. The monoisotopic (exact) mass is 401 g/mol. The quantitative estimate of drug-likeness (QED) is 0.622. The molecule has 0 amide bonds. The predicted molar refractivity (Wildman–Crippen MR) is 104 cm³/mol. The minimum atomic E-state index is -3.82.